The molecule has 1 spiro atoms. The van der Waals surface area contributed by atoms with Crippen LogP contribution in [0, 0.1) is 18.3 Å². The number of aromatic amines is 1. The largest absolute Gasteiger partial charge is 0.419 e. The summed E-state index contributed by atoms with van der Waals surface area (Å²) < 4.78 is 40.4. The second-order valence-electron chi connectivity index (χ2n) is 7.87. The lowest BCUT2D eigenvalue weighted by Crippen LogP contribution is -2.55. The van der Waals surface area contributed by atoms with Gasteiger partial charge < -0.3 is 9.88 Å². The number of pyridine rings is 1. The van der Waals surface area contributed by atoms with Crippen molar-refractivity contribution in [3.8, 4) is 6.07 Å². The number of aryl methyl sites for hydroxylation is 1. The maximum atomic E-state index is 13.5. The van der Waals surface area contributed by atoms with Crippen molar-refractivity contribution in [3.63, 3.8) is 0 Å². The van der Waals surface area contributed by atoms with E-state index in [0.717, 1.165) is 34.9 Å². The van der Waals surface area contributed by atoms with Gasteiger partial charge in [0, 0.05) is 5.69 Å². The van der Waals surface area contributed by atoms with E-state index in [1.54, 1.807) is 17.0 Å². The van der Waals surface area contributed by atoms with E-state index in [9.17, 15) is 18.0 Å². The number of nitrogens with one attached hydrogen (secondary N) is 1. The molecule has 1 saturated heterocycles. The van der Waals surface area contributed by atoms with Crippen molar-refractivity contribution in [2.45, 2.75) is 37.9 Å². The van der Waals surface area contributed by atoms with Crippen LogP contribution in [0.4, 0.5) is 24.5 Å². The number of aromatic nitrogens is 3. The average Bonchev–Trinajstić information content (AvgIpc) is 3.19. The molecule has 1 N–H and O–H groups in total. The fourth-order valence-corrected chi connectivity index (χ4v) is 4.82. The number of thiocarbonyl (C=S) groups is 1. The van der Waals surface area contributed by atoms with Crippen molar-refractivity contribution in [3.05, 3.63) is 47.5 Å². The fraction of sp³-hybridized carbons (Fsp3) is 0.286. The van der Waals surface area contributed by atoms with Crippen LogP contribution in [-0.4, -0.2) is 31.5 Å². The van der Waals surface area contributed by atoms with Gasteiger partial charge in [0.15, 0.2) is 10.8 Å². The molecule has 0 atom stereocenters. The Hall–Kier alpha value is -3.52. The lowest BCUT2D eigenvalue weighted by atomic mass is 9.75. The Morgan fingerprint density at radius 1 is 1.25 bits per heavy atom. The third-order valence-corrected chi connectivity index (χ3v) is 6.34. The molecule has 3 heterocycles. The molecule has 5 rings (SSSR count). The van der Waals surface area contributed by atoms with Gasteiger partial charge in [-0.15, -0.1) is 0 Å². The number of amides is 1. The quantitative estimate of drug-likeness (QED) is 0.581. The molecule has 1 aliphatic carbocycles. The lowest BCUT2D eigenvalue weighted by Gasteiger charge is -2.43. The Kier molecular flexibility index (Phi) is 4.29. The summed E-state index contributed by atoms with van der Waals surface area (Å²) in [5.41, 5.74) is -0.867. The molecule has 2 aromatic heterocycles. The van der Waals surface area contributed by atoms with E-state index in [0.29, 0.717) is 24.0 Å². The average molecular weight is 456 g/mol. The first-order valence-electron chi connectivity index (χ1n) is 9.78. The van der Waals surface area contributed by atoms with Crippen LogP contribution in [0.25, 0.3) is 11.0 Å². The van der Waals surface area contributed by atoms with E-state index >= 15 is 0 Å². The second-order valence-corrected chi connectivity index (χ2v) is 8.23. The summed E-state index contributed by atoms with van der Waals surface area (Å²) in [4.78, 5) is 27.5. The van der Waals surface area contributed by atoms with Crippen LogP contribution in [0.1, 0.15) is 36.3 Å². The molecule has 2 aliphatic rings. The highest BCUT2D eigenvalue weighted by Crippen LogP contribution is 2.48. The highest BCUT2D eigenvalue weighted by Gasteiger charge is 2.59. The van der Waals surface area contributed by atoms with E-state index in [1.165, 1.54) is 6.07 Å². The molecular formula is C21H15F3N6OS. The van der Waals surface area contributed by atoms with Crippen molar-refractivity contribution in [1.82, 2.24) is 15.0 Å². The number of H-pyrrole nitrogens is 1. The number of nitrogens with zero attached hydrogens (tertiary/aromatic N) is 5. The third kappa shape index (κ3) is 2.79. The van der Waals surface area contributed by atoms with Crippen LogP contribution in [0.15, 0.2) is 30.5 Å². The molecule has 1 saturated carbocycles. The molecule has 1 aromatic carbocycles. The van der Waals surface area contributed by atoms with Crippen molar-refractivity contribution < 1.29 is 18.0 Å². The molecule has 11 heteroatoms. The van der Waals surface area contributed by atoms with Gasteiger partial charge in [0.05, 0.1) is 28.5 Å². The summed E-state index contributed by atoms with van der Waals surface area (Å²) >= 11 is 5.61. The number of rotatable bonds is 2. The first-order valence-corrected chi connectivity index (χ1v) is 10.2. The molecular weight excluding hydrogens is 441 g/mol. The Bertz CT molecular complexity index is 1340. The number of fused-ring (bicyclic) bond motifs is 1. The van der Waals surface area contributed by atoms with E-state index in [4.69, 9.17) is 17.5 Å². The van der Waals surface area contributed by atoms with E-state index in [-0.39, 0.29) is 10.8 Å². The summed E-state index contributed by atoms with van der Waals surface area (Å²) in [6.45, 7) is 1.83. The van der Waals surface area contributed by atoms with Gasteiger partial charge in [-0.3, -0.25) is 9.69 Å². The zero-order valence-corrected chi connectivity index (χ0v) is 17.5. The summed E-state index contributed by atoms with van der Waals surface area (Å²) in [5.74, 6) is 0.340. The topological polar surface area (TPSA) is 88.9 Å². The van der Waals surface area contributed by atoms with E-state index in [1.807, 2.05) is 13.0 Å². The van der Waals surface area contributed by atoms with Gasteiger partial charge in [0.25, 0.3) is 5.91 Å². The van der Waals surface area contributed by atoms with E-state index < -0.39 is 28.9 Å². The van der Waals surface area contributed by atoms with Gasteiger partial charge in [-0.05, 0) is 62.7 Å². The van der Waals surface area contributed by atoms with E-state index in [2.05, 4.69) is 15.0 Å². The van der Waals surface area contributed by atoms with Gasteiger partial charge in [0.1, 0.15) is 17.4 Å². The number of hydrogen-bond acceptors (Lipinski definition) is 5. The molecule has 1 amide bonds. The molecule has 0 bridgehead atoms. The summed E-state index contributed by atoms with van der Waals surface area (Å²) in [6.07, 6.45) is -1.88. The normalized spacial score (nSPS) is 17.8. The Labute approximate surface area is 185 Å². The number of alkyl halides is 3. The summed E-state index contributed by atoms with van der Waals surface area (Å²) in [5, 5.41) is 9.09. The predicted octanol–water partition coefficient (Wildman–Crippen LogP) is 4.22. The highest BCUT2D eigenvalue weighted by atomic mass is 32.1. The lowest BCUT2D eigenvalue weighted by molar-refractivity contribution is -0.138. The van der Waals surface area contributed by atoms with Crippen LogP contribution in [0.2, 0.25) is 0 Å². The number of hydrogen-bond donors (Lipinski definition) is 1. The number of anilines is 2. The molecule has 1 aliphatic heterocycles. The fourth-order valence-electron chi connectivity index (χ4n) is 4.35. The Balaban J connectivity index is 1.62. The maximum Gasteiger partial charge on any atom is 0.419 e. The number of halogens is 3. The molecule has 32 heavy (non-hydrogen) atoms. The van der Waals surface area contributed by atoms with Crippen molar-refractivity contribution in [1.29, 1.82) is 5.26 Å². The Morgan fingerprint density at radius 2 is 2.00 bits per heavy atom. The van der Waals surface area contributed by atoms with Crippen LogP contribution < -0.4 is 9.80 Å². The highest BCUT2D eigenvalue weighted by molar-refractivity contribution is 7.81. The molecule has 0 unspecified atom stereocenters. The predicted molar refractivity (Wildman–Crippen MR) is 114 cm³/mol. The van der Waals surface area contributed by atoms with Gasteiger partial charge in [-0.25, -0.2) is 9.97 Å². The zero-order valence-electron chi connectivity index (χ0n) is 16.7. The van der Waals surface area contributed by atoms with Gasteiger partial charge >= 0.3 is 6.18 Å². The first-order chi connectivity index (χ1) is 15.2. The van der Waals surface area contributed by atoms with Crippen molar-refractivity contribution >= 4 is 45.6 Å². The Morgan fingerprint density at radius 3 is 2.62 bits per heavy atom. The zero-order chi connectivity index (χ0) is 22.8. The minimum absolute atomic E-state index is 0.0703. The monoisotopic (exact) mass is 456 g/mol. The minimum atomic E-state index is -4.80. The van der Waals surface area contributed by atoms with Gasteiger partial charge in [0.2, 0.25) is 0 Å². The number of carbonyl (C=O) groups is 1. The third-order valence-electron chi connectivity index (χ3n) is 5.98. The maximum absolute atomic E-state index is 13.5. The number of benzene rings is 1. The smallest absolute Gasteiger partial charge is 0.342 e. The number of nitriles is 1. The summed E-state index contributed by atoms with van der Waals surface area (Å²) in [7, 11) is 0. The molecule has 162 valence electrons. The van der Waals surface area contributed by atoms with Crippen molar-refractivity contribution in [2.24, 2.45) is 0 Å². The SMILES string of the molecule is Cc1nc2cc(N3C(=S)N(c4cnc(C#N)c(C(F)(F)F)c4)C(=O)C34CCC4)ccc2[nH]1. The minimum Gasteiger partial charge on any atom is -0.342 e. The van der Waals surface area contributed by atoms with Crippen LogP contribution in [0.5, 0.6) is 0 Å². The summed E-state index contributed by atoms with van der Waals surface area (Å²) in [6, 6.07) is 7.65. The van der Waals surface area contributed by atoms with Gasteiger partial charge in [-0.1, -0.05) is 0 Å². The molecule has 3 aromatic rings. The number of imidazole rings is 1. The molecule has 0 radical (unpaired) electrons. The van der Waals surface area contributed by atoms with Crippen LogP contribution in [0.3, 0.4) is 0 Å². The second kappa shape index (κ2) is 6.74. The van der Waals surface area contributed by atoms with Gasteiger partial charge in [-0.2, -0.15) is 18.4 Å². The molecule has 7 nitrogen and oxygen atoms in total. The van der Waals surface area contributed by atoms with Crippen LogP contribution in [-0.2, 0) is 11.0 Å². The first kappa shape index (κ1) is 20.4. The van der Waals surface area contributed by atoms with Crippen LogP contribution >= 0.6 is 12.2 Å². The standard InChI is InChI=1S/C21H15F3N6OS/c1-11-27-15-4-3-12(8-16(15)28-11)30-19(32)29(18(31)20(30)5-2-6-20)13-7-14(21(22,23)24)17(9-25)26-10-13/h3-4,7-8,10H,2,5-6H2,1H3,(H,27,28). The van der Waals surface area contributed by atoms with Crippen molar-refractivity contribution in [2.75, 3.05) is 9.80 Å². The molecule has 2 fully saturated rings. The number of carbonyl (C=O) groups excluding carboxylic acids is 1.